The Labute approximate surface area is 143 Å². The van der Waals surface area contributed by atoms with Crippen molar-refractivity contribution in [3.8, 4) is 0 Å². The first kappa shape index (κ1) is 17.0. The number of hydrogen-bond donors (Lipinski definition) is 3. The number of aryl methyl sites for hydroxylation is 1. The average Bonchev–Trinajstić information content (AvgIpc) is 2.53. The lowest BCUT2D eigenvalue weighted by Gasteiger charge is -2.10. The topological polar surface area (TPSA) is 70.2 Å². The van der Waals surface area contributed by atoms with Gasteiger partial charge in [-0.25, -0.2) is 4.79 Å². The van der Waals surface area contributed by atoms with Crippen LogP contribution in [-0.2, 0) is 11.3 Å². The summed E-state index contributed by atoms with van der Waals surface area (Å²) in [6, 6.07) is 14.7. The van der Waals surface area contributed by atoms with Crippen LogP contribution in [0.1, 0.15) is 11.1 Å². The van der Waals surface area contributed by atoms with Gasteiger partial charge in [0.05, 0.1) is 6.54 Å². The molecule has 0 aliphatic heterocycles. The summed E-state index contributed by atoms with van der Waals surface area (Å²) in [6.07, 6.45) is 0. The first-order valence-electron chi connectivity index (χ1n) is 7.16. The number of halogens is 1. The summed E-state index contributed by atoms with van der Waals surface area (Å²) >= 11 is 3.39. The second-order valence-corrected chi connectivity index (χ2v) is 5.94. The van der Waals surface area contributed by atoms with Crippen molar-refractivity contribution >= 4 is 33.6 Å². The fourth-order valence-corrected chi connectivity index (χ4v) is 2.47. The molecule has 3 N–H and O–H groups in total. The number of amides is 3. The third kappa shape index (κ3) is 5.75. The standard InChI is InChI=1S/C17H18BrN3O2/c1-12-9-14(18)7-8-15(12)19-11-16(22)21-17(23)20-10-13-5-3-2-4-6-13/h2-9,19H,10-11H2,1H3,(H2,20,21,22,23). The highest BCUT2D eigenvalue weighted by Crippen LogP contribution is 2.19. The molecule has 5 nitrogen and oxygen atoms in total. The van der Waals surface area contributed by atoms with Crippen molar-refractivity contribution in [2.24, 2.45) is 0 Å². The minimum Gasteiger partial charge on any atom is -0.376 e. The van der Waals surface area contributed by atoms with Gasteiger partial charge in [0.2, 0.25) is 5.91 Å². The van der Waals surface area contributed by atoms with Crippen LogP contribution in [-0.4, -0.2) is 18.5 Å². The number of hydrogen-bond acceptors (Lipinski definition) is 3. The zero-order chi connectivity index (χ0) is 16.7. The highest BCUT2D eigenvalue weighted by molar-refractivity contribution is 9.10. The lowest BCUT2D eigenvalue weighted by atomic mass is 10.2. The molecule has 120 valence electrons. The fourth-order valence-electron chi connectivity index (χ4n) is 1.99. The molecule has 2 aromatic carbocycles. The normalized spacial score (nSPS) is 10.0. The molecule has 0 unspecified atom stereocenters. The van der Waals surface area contributed by atoms with Crippen LogP contribution >= 0.6 is 15.9 Å². The van der Waals surface area contributed by atoms with Gasteiger partial charge in [-0.3, -0.25) is 10.1 Å². The molecule has 3 amide bonds. The molecular weight excluding hydrogens is 358 g/mol. The van der Waals surface area contributed by atoms with Gasteiger partial charge in [0.25, 0.3) is 0 Å². The van der Waals surface area contributed by atoms with Crippen molar-refractivity contribution in [1.29, 1.82) is 0 Å². The van der Waals surface area contributed by atoms with Crippen molar-refractivity contribution in [2.45, 2.75) is 13.5 Å². The highest BCUT2D eigenvalue weighted by atomic mass is 79.9. The number of anilines is 1. The Balaban J connectivity index is 1.74. The molecule has 0 heterocycles. The Bertz CT molecular complexity index is 689. The molecule has 0 bridgehead atoms. The van der Waals surface area contributed by atoms with Gasteiger partial charge < -0.3 is 10.6 Å². The highest BCUT2D eigenvalue weighted by Gasteiger charge is 2.08. The maximum Gasteiger partial charge on any atom is 0.321 e. The summed E-state index contributed by atoms with van der Waals surface area (Å²) < 4.78 is 0.977. The van der Waals surface area contributed by atoms with Gasteiger partial charge in [-0.05, 0) is 36.2 Å². The van der Waals surface area contributed by atoms with Gasteiger partial charge in [-0.2, -0.15) is 0 Å². The predicted octanol–water partition coefficient (Wildman–Crippen LogP) is 3.20. The summed E-state index contributed by atoms with van der Waals surface area (Å²) in [6.45, 7) is 2.35. The smallest absolute Gasteiger partial charge is 0.321 e. The van der Waals surface area contributed by atoms with Gasteiger partial charge in [-0.15, -0.1) is 0 Å². The van der Waals surface area contributed by atoms with Crippen LogP contribution in [0.3, 0.4) is 0 Å². The lowest BCUT2D eigenvalue weighted by Crippen LogP contribution is -2.41. The maximum absolute atomic E-state index is 11.8. The van der Waals surface area contributed by atoms with E-state index >= 15 is 0 Å². The van der Waals surface area contributed by atoms with E-state index in [1.54, 1.807) is 0 Å². The van der Waals surface area contributed by atoms with E-state index in [4.69, 9.17) is 0 Å². The number of urea groups is 1. The zero-order valence-electron chi connectivity index (χ0n) is 12.7. The van der Waals surface area contributed by atoms with Gasteiger partial charge in [0, 0.05) is 16.7 Å². The number of carbonyl (C=O) groups is 2. The fraction of sp³-hybridized carbons (Fsp3) is 0.176. The van der Waals surface area contributed by atoms with Gasteiger partial charge in [0.1, 0.15) is 0 Å². The van der Waals surface area contributed by atoms with Crippen molar-refractivity contribution in [3.05, 3.63) is 64.1 Å². The molecule has 2 aromatic rings. The van der Waals surface area contributed by atoms with E-state index in [2.05, 4.69) is 31.9 Å². The van der Waals surface area contributed by atoms with Crippen LogP contribution in [0.15, 0.2) is 53.0 Å². The molecule has 0 saturated heterocycles. The molecular formula is C17H18BrN3O2. The Kier molecular flexibility index (Phi) is 6.17. The summed E-state index contributed by atoms with van der Waals surface area (Å²) in [5.41, 5.74) is 2.84. The van der Waals surface area contributed by atoms with E-state index in [1.165, 1.54) is 0 Å². The van der Waals surface area contributed by atoms with Crippen LogP contribution < -0.4 is 16.0 Å². The maximum atomic E-state index is 11.8. The minimum atomic E-state index is -0.506. The minimum absolute atomic E-state index is 0.0290. The molecule has 0 spiro atoms. The molecule has 6 heteroatoms. The molecule has 2 rings (SSSR count). The van der Waals surface area contributed by atoms with E-state index in [9.17, 15) is 9.59 Å². The van der Waals surface area contributed by atoms with Crippen molar-refractivity contribution in [3.63, 3.8) is 0 Å². The Hall–Kier alpha value is -2.34. The van der Waals surface area contributed by atoms with Gasteiger partial charge >= 0.3 is 6.03 Å². The van der Waals surface area contributed by atoms with E-state index in [-0.39, 0.29) is 6.54 Å². The zero-order valence-corrected chi connectivity index (χ0v) is 14.3. The predicted molar refractivity (Wildman–Crippen MR) is 94.2 cm³/mol. The Morgan fingerprint density at radius 1 is 1.09 bits per heavy atom. The SMILES string of the molecule is Cc1cc(Br)ccc1NCC(=O)NC(=O)NCc1ccccc1. The van der Waals surface area contributed by atoms with E-state index in [0.29, 0.717) is 6.54 Å². The number of imide groups is 1. The quantitative estimate of drug-likeness (QED) is 0.751. The van der Waals surface area contributed by atoms with Crippen LogP contribution in [0.2, 0.25) is 0 Å². The Morgan fingerprint density at radius 3 is 2.52 bits per heavy atom. The molecule has 0 aliphatic carbocycles. The lowest BCUT2D eigenvalue weighted by molar-refractivity contribution is -0.118. The first-order chi connectivity index (χ1) is 11.0. The average molecular weight is 376 g/mol. The summed E-state index contributed by atoms with van der Waals surface area (Å²) in [4.78, 5) is 23.4. The summed E-state index contributed by atoms with van der Waals surface area (Å²) in [5.74, 6) is -0.391. The third-order valence-corrected chi connectivity index (χ3v) is 3.67. The van der Waals surface area contributed by atoms with Crippen LogP contribution in [0.4, 0.5) is 10.5 Å². The van der Waals surface area contributed by atoms with Crippen molar-refractivity contribution < 1.29 is 9.59 Å². The molecule has 0 saturated carbocycles. The molecule has 0 radical (unpaired) electrons. The van der Waals surface area contributed by atoms with E-state index in [0.717, 1.165) is 21.3 Å². The first-order valence-corrected chi connectivity index (χ1v) is 7.95. The number of benzene rings is 2. The van der Waals surface area contributed by atoms with Crippen LogP contribution in [0.5, 0.6) is 0 Å². The number of carbonyl (C=O) groups excluding carboxylic acids is 2. The monoisotopic (exact) mass is 375 g/mol. The van der Waals surface area contributed by atoms with Crippen LogP contribution in [0.25, 0.3) is 0 Å². The third-order valence-electron chi connectivity index (χ3n) is 3.18. The Morgan fingerprint density at radius 2 is 1.83 bits per heavy atom. The molecule has 0 atom stereocenters. The van der Waals surface area contributed by atoms with Crippen molar-refractivity contribution in [1.82, 2.24) is 10.6 Å². The summed E-state index contributed by atoms with van der Waals surface area (Å²) in [7, 11) is 0. The largest absolute Gasteiger partial charge is 0.376 e. The number of rotatable bonds is 5. The number of nitrogens with one attached hydrogen (secondary N) is 3. The van der Waals surface area contributed by atoms with E-state index < -0.39 is 11.9 Å². The van der Waals surface area contributed by atoms with E-state index in [1.807, 2.05) is 55.5 Å². The molecule has 0 aromatic heterocycles. The second kappa shape index (κ2) is 8.33. The second-order valence-electron chi connectivity index (χ2n) is 5.03. The van der Waals surface area contributed by atoms with Crippen molar-refractivity contribution in [2.75, 3.05) is 11.9 Å². The summed E-state index contributed by atoms with van der Waals surface area (Å²) in [5, 5.41) is 7.94. The molecule has 0 aliphatic rings. The molecule has 23 heavy (non-hydrogen) atoms. The van der Waals surface area contributed by atoms with Gasteiger partial charge in [0.15, 0.2) is 0 Å². The molecule has 0 fully saturated rings. The van der Waals surface area contributed by atoms with Crippen LogP contribution in [0, 0.1) is 6.92 Å². The van der Waals surface area contributed by atoms with Gasteiger partial charge in [-0.1, -0.05) is 46.3 Å².